The highest BCUT2D eigenvalue weighted by Gasteiger charge is 2.24. The van der Waals surface area contributed by atoms with Crippen LogP contribution in [0.25, 0.3) is 10.2 Å². The molecule has 1 fully saturated rings. The fraction of sp³-hybridized carbons (Fsp3) is 0.579. The zero-order valence-corrected chi connectivity index (χ0v) is 16.4. The van der Waals surface area contributed by atoms with Gasteiger partial charge < -0.3 is 9.84 Å². The number of ether oxygens (including phenoxy) is 1. The number of rotatable bonds is 6. The molecule has 2 heterocycles. The van der Waals surface area contributed by atoms with E-state index in [1.807, 2.05) is 0 Å². The Morgan fingerprint density at radius 2 is 1.96 bits per heavy atom. The Balaban J connectivity index is 1.89. The lowest BCUT2D eigenvalue weighted by Gasteiger charge is -2.21. The molecule has 0 bridgehead atoms. The van der Waals surface area contributed by atoms with Gasteiger partial charge >= 0.3 is 11.9 Å². The van der Waals surface area contributed by atoms with Gasteiger partial charge in [-0.3, -0.25) is 14.2 Å². The first-order valence-corrected chi connectivity index (χ1v) is 10.1. The number of carbonyl (C=O) groups excluding carboxylic acids is 1. The molecule has 2 aromatic rings. The first-order chi connectivity index (χ1) is 12.9. The molecule has 2 aromatic heterocycles. The molecule has 1 aliphatic carbocycles. The summed E-state index contributed by atoms with van der Waals surface area (Å²) in [6.45, 7) is 3.75. The number of carbonyl (C=O) groups is 2. The molecule has 0 aliphatic heterocycles. The fourth-order valence-electron chi connectivity index (χ4n) is 3.55. The molecule has 0 saturated heterocycles. The van der Waals surface area contributed by atoms with Crippen molar-refractivity contribution in [1.29, 1.82) is 0 Å². The molecule has 0 spiro atoms. The third-order valence-electron chi connectivity index (χ3n) is 5.02. The number of fused-ring (bicyclic) bond motifs is 1. The van der Waals surface area contributed by atoms with Gasteiger partial charge in [0.05, 0.1) is 5.39 Å². The summed E-state index contributed by atoms with van der Waals surface area (Å²) in [5.74, 6) is -0.752. The zero-order valence-electron chi connectivity index (χ0n) is 15.6. The van der Waals surface area contributed by atoms with E-state index in [1.54, 1.807) is 13.8 Å². The molecule has 0 unspecified atom stereocenters. The number of hydrogen-bond acceptors (Lipinski definition) is 6. The summed E-state index contributed by atoms with van der Waals surface area (Å²) in [6, 6.07) is 0. The van der Waals surface area contributed by atoms with Gasteiger partial charge in [0.15, 0.2) is 0 Å². The molecular weight excluding hydrogens is 368 g/mol. The normalized spacial score (nSPS) is 15.2. The Bertz CT molecular complexity index is 924. The Kier molecular flexibility index (Phi) is 5.94. The summed E-state index contributed by atoms with van der Waals surface area (Å²) in [5, 5.41) is 9.22. The second-order valence-corrected chi connectivity index (χ2v) is 8.01. The molecule has 0 amide bonds. The second-order valence-electron chi connectivity index (χ2n) is 7.01. The first kappa shape index (κ1) is 19.5. The summed E-state index contributed by atoms with van der Waals surface area (Å²) in [6.07, 6.45) is 5.41. The molecule has 7 nitrogen and oxygen atoms in total. The molecule has 0 radical (unpaired) electrons. The van der Waals surface area contributed by atoms with Crippen LogP contribution in [0.4, 0.5) is 0 Å². The zero-order chi connectivity index (χ0) is 19.6. The fourth-order valence-corrected chi connectivity index (χ4v) is 4.65. The lowest BCUT2D eigenvalue weighted by molar-refractivity contribution is -0.137. The number of hydrogen-bond donors (Lipinski definition) is 1. The molecule has 3 rings (SSSR count). The van der Waals surface area contributed by atoms with Gasteiger partial charge in [0.2, 0.25) is 0 Å². The molecule has 8 heteroatoms. The minimum absolute atomic E-state index is 0.00843. The minimum atomic E-state index is -0.894. The van der Waals surface area contributed by atoms with E-state index in [0.29, 0.717) is 32.9 Å². The van der Waals surface area contributed by atoms with Crippen LogP contribution in [-0.4, -0.2) is 32.7 Å². The summed E-state index contributed by atoms with van der Waals surface area (Å²) < 4.78 is 7.14. The van der Waals surface area contributed by atoms with Crippen molar-refractivity contribution in [3.63, 3.8) is 0 Å². The molecule has 0 atom stereocenters. The number of esters is 1. The van der Waals surface area contributed by atoms with Gasteiger partial charge in [-0.15, -0.1) is 11.3 Å². The predicted octanol–water partition coefficient (Wildman–Crippen LogP) is 3.43. The maximum atomic E-state index is 12.9. The number of aryl methyl sites for hydroxylation is 2. The van der Waals surface area contributed by atoms with E-state index in [9.17, 15) is 14.4 Å². The van der Waals surface area contributed by atoms with Crippen LogP contribution in [-0.2, 0) is 16.1 Å². The molecule has 1 aliphatic rings. The van der Waals surface area contributed by atoms with Crippen LogP contribution >= 0.6 is 11.3 Å². The maximum Gasteiger partial charge on any atom is 0.348 e. The number of aliphatic carboxylic acids is 1. The number of carboxylic acids is 1. The van der Waals surface area contributed by atoms with Gasteiger partial charge in [-0.2, -0.15) is 0 Å². The standard InChI is InChI=1S/C19H24N2O5S/c1-11-15-17(20-12(2)21(18(15)24)10-6-9-14(22)23)27-16(11)19(25)26-13-7-4-3-5-8-13/h13H,3-10H2,1-2H3,(H,22,23). The van der Waals surface area contributed by atoms with Crippen molar-refractivity contribution in [1.82, 2.24) is 9.55 Å². The van der Waals surface area contributed by atoms with Gasteiger partial charge in [0, 0.05) is 13.0 Å². The van der Waals surface area contributed by atoms with Crippen molar-refractivity contribution in [2.75, 3.05) is 0 Å². The monoisotopic (exact) mass is 392 g/mol. The van der Waals surface area contributed by atoms with E-state index in [-0.39, 0.29) is 30.6 Å². The maximum absolute atomic E-state index is 12.9. The number of nitrogens with zero attached hydrogens (tertiary/aromatic N) is 2. The lowest BCUT2D eigenvalue weighted by atomic mass is 9.98. The van der Waals surface area contributed by atoms with Crippen LogP contribution in [0, 0.1) is 13.8 Å². The lowest BCUT2D eigenvalue weighted by Crippen LogP contribution is -2.24. The van der Waals surface area contributed by atoms with Gasteiger partial charge in [0.1, 0.15) is 21.6 Å². The third-order valence-corrected chi connectivity index (χ3v) is 6.19. The van der Waals surface area contributed by atoms with Crippen molar-refractivity contribution in [3.05, 3.63) is 26.6 Å². The van der Waals surface area contributed by atoms with E-state index in [2.05, 4.69) is 4.98 Å². The van der Waals surface area contributed by atoms with E-state index in [0.717, 1.165) is 25.7 Å². The highest BCUT2D eigenvalue weighted by molar-refractivity contribution is 7.20. The van der Waals surface area contributed by atoms with Crippen molar-refractivity contribution in [3.8, 4) is 0 Å². The van der Waals surface area contributed by atoms with Crippen LogP contribution < -0.4 is 5.56 Å². The third kappa shape index (κ3) is 4.21. The molecule has 1 N–H and O–H groups in total. The topological polar surface area (TPSA) is 98.5 Å². The van der Waals surface area contributed by atoms with Crippen LogP contribution in [0.1, 0.15) is 66.0 Å². The minimum Gasteiger partial charge on any atom is -0.481 e. The number of carboxylic acid groups (broad SMARTS) is 1. The number of thiophene rings is 1. The molecule has 146 valence electrons. The summed E-state index contributed by atoms with van der Waals surface area (Å²) in [7, 11) is 0. The van der Waals surface area contributed by atoms with Crippen LogP contribution in [0.5, 0.6) is 0 Å². The van der Waals surface area contributed by atoms with Gasteiger partial charge in [0.25, 0.3) is 5.56 Å². The van der Waals surface area contributed by atoms with Crippen LogP contribution in [0.15, 0.2) is 4.79 Å². The van der Waals surface area contributed by atoms with Crippen LogP contribution in [0.3, 0.4) is 0 Å². The quantitative estimate of drug-likeness (QED) is 0.756. The molecule has 27 heavy (non-hydrogen) atoms. The average molecular weight is 392 g/mol. The highest BCUT2D eigenvalue weighted by atomic mass is 32.1. The molecular formula is C19H24N2O5S. The van der Waals surface area contributed by atoms with Crippen molar-refractivity contribution < 1.29 is 19.4 Å². The predicted molar refractivity (Wildman–Crippen MR) is 103 cm³/mol. The number of aromatic nitrogens is 2. The average Bonchev–Trinajstić information content (AvgIpc) is 2.95. The van der Waals surface area contributed by atoms with E-state index in [1.165, 1.54) is 22.3 Å². The van der Waals surface area contributed by atoms with E-state index >= 15 is 0 Å². The summed E-state index contributed by atoms with van der Waals surface area (Å²) >= 11 is 1.19. The Labute approximate surface area is 161 Å². The second kappa shape index (κ2) is 8.21. The smallest absolute Gasteiger partial charge is 0.348 e. The summed E-state index contributed by atoms with van der Waals surface area (Å²) in [4.78, 5) is 41.7. The van der Waals surface area contributed by atoms with Gasteiger partial charge in [-0.1, -0.05) is 6.42 Å². The van der Waals surface area contributed by atoms with Crippen molar-refractivity contribution in [2.24, 2.45) is 0 Å². The van der Waals surface area contributed by atoms with Crippen molar-refractivity contribution in [2.45, 2.75) is 71.4 Å². The van der Waals surface area contributed by atoms with Gasteiger partial charge in [-0.05, 0) is 51.5 Å². The highest BCUT2D eigenvalue weighted by Crippen LogP contribution is 2.30. The first-order valence-electron chi connectivity index (χ1n) is 9.31. The molecule has 1 saturated carbocycles. The van der Waals surface area contributed by atoms with Gasteiger partial charge in [-0.25, -0.2) is 9.78 Å². The Hall–Kier alpha value is -2.22. The van der Waals surface area contributed by atoms with E-state index in [4.69, 9.17) is 9.84 Å². The Morgan fingerprint density at radius 1 is 1.26 bits per heavy atom. The summed E-state index contributed by atoms with van der Waals surface area (Å²) in [5.41, 5.74) is 0.369. The Morgan fingerprint density at radius 3 is 2.63 bits per heavy atom. The van der Waals surface area contributed by atoms with Crippen LogP contribution in [0.2, 0.25) is 0 Å². The van der Waals surface area contributed by atoms with E-state index < -0.39 is 5.97 Å². The largest absolute Gasteiger partial charge is 0.481 e. The molecule has 0 aromatic carbocycles. The van der Waals surface area contributed by atoms with Crippen molar-refractivity contribution >= 4 is 33.5 Å². The SMILES string of the molecule is Cc1c(C(=O)OC2CCCCC2)sc2nc(C)n(CCCC(=O)O)c(=O)c12.